The number of aromatic nitrogens is 2. The first-order valence-electron chi connectivity index (χ1n) is 5.55. The van der Waals surface area contributed by atoms with Crippen LogP contribution in [0.3, 0.4) is 0 Å². The van der Waals surface area contributed by atoms with E-state index >= 15 is 0 Å². The Morgan fingerprint density at radius 3 is 2.38 bits per heavy atom. The van der Waals surface area contributed by atoms with E-state index in [1.807, 2.05) is 19.9 Å². The zero-order valence-corrected chi connectivity index (χ0v) is 10.8. The molecule has 0 unspecified atom stereocenters. The molecule has 90 valence electrons. The topological polar surface area (TPSA) is 63.8 Å². The van der Waals surface area contributed by atoms with Gasteiger partial charge >= 0.3 is 0 Å². The summed E-state index contributed by atoms with van der Waals surface area (Å²) in [6, 6.07) is 1.94. The summed E-state index contributed by atoms with van der Waals surface area (Å²) >= 11 is 0. The summed E-state index contributed by atoms with van der Waals surface area (Å²) in [6.45, 7) is 11.0. The normalized spacial score (nSPS) is 12.6. The third-order valence-electron chi connectivity index (χ3n) is 2.13. The smallest absolute Gasteiger partial charge is 0.222 e. The summed E-state index contributed by atoms with van der Waals surface area (Å²) in [7, 11) is 0. The van der Waals surface area contributed by atoms with Crippen LogP contribution in [-0.4, -0.2) is 22.1 Å². The molecule has 4 nitrogen and oxygen atoms in total. The molecule has 0 amide bonds. The van der Waals surface area contributed by atoms with Crippen molar-refractivity contribution in [2.75, 3.05) is 11.9 Å². The van der Waals surface area contributed by atoms with Crippen LogP contribution in [0.15, 0.2) is 12.3 Å². The molecule has 1 aromatic heterocycles. The van der Waals surface area contributed by atoms with E-state index in [4.69, 9.17) is 5.73 Å². The first kappa shape index (κ1) is 12.9. The fraction of sp³-hybridized carbons (Fsp3) is 0.667. The van der Waals surface area contributed by atoms with Gasteiger partial charge in [-0.3, -0.25) is 0 Å². The van der Waals surface area contributed by atoms with Crippen LogP contribution in [0.4, 0.5) is 5.95 Å². The summed E-state index contributed by atoms with van der Waals surface area (Å²) < 4.78 is 0. The van der Waals surface area contributed by atoms with E-state index in [2.05, 4.69) is 36.1 Å². The number of rotatable bonds is 3. The molecule has 0 radical (unpaired) electrons. The fourth-order valence-corrected chi connectivity index (χ4v) is 1.17. The highest BCUT2D eigenvalue weighted by Crippen LogP contribution is 2.20. The SMILES string of the molecule is CC(C)(N)CNc1nccc(C(C)(C)C)n1. The highest BCUT2D eigenvalue weighted by atomic mass is 15.1. The molecule has 0 atom stereocenters. The van der Waals surface area contributed by atoms with Crippen LogP contribution in [0.1, 0.15) is 40.3 Å². The van der Waals surface area contributed by atoms with Gasteiger partial charge < -0.3 is 11.1 Å². The summed E-state index contributed by atoms with van der Waals surface area (Å²) in [4.78, 5) is 8.65. The lowest BCUT2D eigenvalue weighted by Gasteiger charge is -2.21. The molecule has 0 fully saturated rings. The number of nitrogens with two attached hydrogens (primary N) is 1. The Bertz CT molecular complexity index is 347. The zero-order chi connectivity index (χ0) is 12.4. The van der Waals surface area contributed by atoms with E-state index < -0.39 is 0 Å². The van der Waals surface area contributed by atoms with Crippen molar-refractivity contribution < 1.29 is 0 Å². The van der Waals surface area contributed by atoms with Gasteiger partial charge in [-0.15, -0.1) is 0 Å². The lowest BCUT2D eigenvalue weighted by atomic mass is 9.92. The predicted molar refractivity (Wildman–Crippen MR) is 67.5 cm³/mol. The minimum Gasteiger partial charge on any atom is -0.352 e. The molecule has 1 rings (SSSR count). The van der Waals surface area contributed by atoms with Gasteiger partial charge in [0.2, 0.25) is 5.95 Å². The molecular weight excluding hydrogens is 200 g/mol. The van der Waals surface area contributed by atoms with Crippen LogP contribution in [-0.2, 0) is 5.41 Å². The number of nitrogens with zero attached hydrogens (tertiary/aromatic N) is 2. The molecule has 1 aromatic rings. The van der Waals surface area contributed by atoms with E-state index in [9.17, 15) is 0 Å². The van der Waals surface area contributed by atoms with Gasteiger partial charge in [-0.25, -0.2) is 9.97 Å². The summed E-state index contributed by atoms with van der Waals surface area (Å²) in [6.07, 6.45) is 1.78. The first-order valence-corrected chi connectivity index (χ1v) is 5.55. The second kappa shape index (κ2) is 4.37. The Morgan fingerprint density at radius 1 is 1.25 bits per heavy atom. The average Bonchev–Trinajstić information content (AvgIpc) is 2.13. The third kappa shape index (κ3) is 4.14. The van der Waals surface area contributed by atoms with E-state index in [1.54, 1.807) is 6.20 Å². The molecule has 0 aliphatic carbocycles. The maximum absolute atomic E-state index is 5.89. The van der Waals surface area contributed by atoms with Crippen molar-refractivity contribution in [3.63, 3.8) is 0 Å². The standard InChI is InChI=1S/C12H22N4/c1-11(2,3)9-6-7-14-10(16-9)15-8-12(4,5)13/h6-7H,8,13H2,1-5H3,(H,14,15,16). The van der Waals surface area contributed by atoms with Gasteiger partial charge in [0.1, 0.15) is 0 Å². The van der Waals surface area contributed by atoms with Crippen LogP contribution in [0, 0.1) is 0 Å². The molecule has 0 spiro atoms. The van der Waals surface area contributed by atoms with Crippen molar-refractivity contribution in [2.24, 2.45) is 5.73 Å². The molecule has 0 aromatic carbocycles. The van der Waals surface area contributed by atoms with Gasteiger partial charge in [0.15, 0.2) is 0 Å². The van der Waals surface area contributed by atoms with Gasteiger partial charge in [0.25, 0.3) is 0 Å². The Kier molecular flexibility index (Phi) is 3.53. The van der Waals surface area contributed by atoms with Gasteiger partial charge in [0.05, 0.1) is 5.69 Å². The van der Waals surface area contributed by atoms with Gasteiger partial charge in [0, 0.05) is 23.7 Å². The molecule has 0 bridgehead atoms. The summed E-state index contributed by atoms with van der Waals surface area (Å²) in [5.74, 6) is 0.644. The highest BCUT2D eigenvalue weighted by Gasteiger charge is 2.16. The first-order chi connectivity index (χ1) is 7.18. The van der Waals surface area contributed by atoms with Crippen LogP contribution >= 0.6 is 0 Å². The molecule has 0 saturated heterocycles. The van der Waals surface area contributed by atoms with E-state index in [0.29, 0.717) is 12.5 Å². The minimum absolute atomic E-state index is 0.0393. The predicted octanol–water partition coefficient (Wildman–Crippen LogP) is 1.92. The van der Waals surface area contributed by atoms with Crippen molar-refractivity contribution in [3.05, 3.63) is 18.0 Å². The molecule has 0 aliphatic rings. The fourth-order valence-electron chi connectivity index (χ4n) is 1.17. The van der Waals surface area contributed by atoms with E-state index in [-0.39, 0.29) is 11.0 Å². The molecule has 3 N–H and O–H groups in total. The number of hydrogen-bond acceptors (Lipinski definition) is 4. The van der Waals surface area contributed by atoms with Crippen LogP contribution < -0.4 is 11.1 Å². The Hall–Kier alpha value is -1.16. The molecule has 0 saturated carbocycles. The molecule has 0 aliphatic heterocycles. The molecular formula is C12H22N4. The van der Waals surface area contributed by atoms with Crippen molar-refractivity contribution in [1.82, 2.24) is 9.97 Å². The molecule has 1 heterocycles. The van der Waals surface area contributed by atoms with Crippen LogP contribution in [0.25, 0.3) is 0 Å². The minimum atomic E-state index is -0.263. The highest BCUT2D eigenvalue weighted by molar-refractivity contribution is 5.28. The average molecular weight is 222 g/mol. The van der Waals surface area contributed by atoms with Crippen molar-refractivity contribution in [2.45, 2.75) is 45.6 Å². The monoisotopic (exact) mass is 222 g/mol. The number of hydrogen-bond donors (Lipinski definition) is 2. The zero-order valence-electron chi connectivity index (χ0n) is 10.8. The van der Waals surface area contributed by atoms with Crippen LogP contribution in [0.2, 0.25) is 0 Å². The molecule has 16 heavy (non-hydrogen) atoms. The van der Waals surface area contributed by atoms with Gasteiger partial charge in [-0.05, 0) is 19.9 Å². The van der Waals surface area contributed by atoms with E-state index in [0.717, 1.165) is 5.69 Å². The number of nitrogens with one attached hydrogen (secondary N) is 1. The second-order valence-corrected chi connectivity index (χ2v) is 5.86. The summed E-state index contributed by atoms with van der Waals surface area (Å²) in [5, 5.41) is 3.15. The van der Waals surface area contributed by atoms with Gasteiger partial charge in [-0.1, -0.05) is 20.8 Å². The van der Waals surface area contributed by atoms with Crippen molar-refractivity contribution >= 4 is 5.95 Å². The van der Waals surface area contributed by atoms with E-state index in [1.165, 1.54) is 0 Å². The Labute approximate surface area is 97.7 Å². The Morgan fingerprint density at radius 2 is 1.88 bits per heavy atom. The second-order valence-electron chi connectivity index (χ2n) is 5.86. The lowest BCUT2D eigenvalue weighted by molar-refractivity contribution is 0.544. The third-order valence-corrected chi connectivity index (χ3v) is 2.13. The largest absolute Gasteiger partial charge is 0.352 e. The van der Waals surface area contributed by atoms with Crippen molar-refractivity contribution in [3.8, 4) is 0 Å². The Balaban J connectivity index is 2.76. The van der Waals surface area contributed by atoms with Crippen LogP contribution in [0.5, 0.6) is 0 Å². The molecule has 4 heteroatoms. The summed E-state index contributed by atoms with van der Waals surface area (Å²) in [5.41, 5.74) is 6.69. The van der Waals surface area contributed by atoms with Gasteiger partial charge in [-0.2, -0.15) is 0 Å². The maximum atomic E-state index is 5.89. The quantitative estimate of drug-likeness (QED) is 0.820. The maximum Gasteiger partial charge on any atom is 0.222 e. The lowest BCUT2D eigenvalue weighted by Crippen LogP contribution is -2.40. The van der Waals surface area contributed by atoms with Crippen molar-refractivity contribution in [1.29, 1.82) is 0 Å². The number of anilines is 1.